The molecule has 1 aliphatic rings. The fraction of sp³-hybridized carbons (Fsp3) is 0.280. The van der Waals surface area contributed by atoms with Gasteiger partial charge in [-0.2, -0.15) is 13.2 Å². The zero-order valence-corrected chi connectivity index (χ0v) is 21.0. The summed E-state index contributed by atoms with van der Waals surface area (Å²) in [5, 5.41) is 17.4. The minimum absolute atomic E-state index is 0.0726. The number of nitrogens with zero attached hydrogens (tertiary/aromatic N) is 3. The number of carbonyl (C=O) groups is 1. The molecule has 7 nitrogen and oxygen atoms in total. The number of alkyl halides is 3. The number of aromatic nitrogens is 3. The number of aromatic amines is 1. The first-order valence-electron chi connectivity index (χ1n) is 11.5. The number of para-hydroxylation sites is 1. The van der Waals surface area contributed by atoms with Crippen LogP contribution < -0.4 is 5.32 Å². The maximum Gasteiger partial charge on any atom is 0.416 e. The van der Waals surface area contributed by atoms with Crippen LogP contribution in [0.25, 0.3) is 10.9 Å². The van der Waals surface area contributed by atoms with Crippen molar-refractivity contribution in [3.63, 3.8) is 0 Å². The van der Waals surface area contributed by atoms with Gasteiger partial charge in [0, 0.05) is 23.9 Å². The molecule has 0 saturated carbocycles. The Morgan fingerprint density at radius 3 is 2.68 bits per heavy atom. The van der Waals surface area contributed by atoms with E-state index in [1.165, 1.54) is 23.5 Å². The third-order valence-corrected chi connectivity index (χ3v) is 7.42. The lowest BCUT2D eigenvalue weighted by molar-refractivity contribution is -0.137. The maximum absolute atomic E-state index is 13.1. The Balaban J connectivity index is 1.22. The van der Waals surface area contributed by atoms with Gasteiger partial charge in [0.1, 0.15) is 5.82 Å². The van der Waals surface area contributed by atoms with Crippen LogP contribution in [0.2, 0.25) is 0 Å². The first kappa shape index (κ1) is 25.3. The fourth-order valence-electron chi connectivity index (χ4n) is 4.41. The molecule has 0 radical (unpaired) electrons. The SMILES string of the molecule is O=C(Cc1csc(Nc2nc(=S)[nH]c3ccccc23)n1)N1CCC(O)(c2cccc(C(F)(F)F)c2)CC1. The molecule has 3 heterocycles. The summed E-state index contributed by atoms with van der Waals surface area (Å²) in [4.78, 5) is 26.4. The lowest BCUT2D eigenvalue weighted by Crippen LogP contribution is -2.45. The summed E-state index contributed by atoms with van der Waals surface area (Å²) in [5.41, 5.74) is -0.576. The summed E-state index contributed by atoms with van der Waals surface area (Å²) in [7, 11) is 0. The van der Waals surface area contributed by atoms with Crippen molar-refractivity contribution in [2.75, 3.05) is 18.4 Å². The van der Waals surface area contributed by atoms with E-state index in [4.69, 9.17) is 12.2 Å². The van der Waals surface area contributed by atoms with Gasteiger partial charge in [-0.25, -0.2) is 9.97 Å². The molecule has 0 aliphatic carbocycles. The average molecular weight is 546 g/mol. The van der Waals surface area contributed by atoms with Gasteiger partial charge in [0.05, 0.1) is 28.8 Å². The number of likely N-dealkylation sites (tertiary alicyclic amines) is 1. The van der Waals surface area contributed by atoms with E-state index in [9.17, 15) is 23.1 Å². The van der Waals surface area contributed by atoms with Gasteiger partial charge in [0.15, 0.2) is 9.90 Å². The highest BCUT2D eigenvalue weighted by Crippen LogP contribution is 2.37. The number of anilines is 2. The molecule has 0 atom stereocenters. The first-order valence-corrected chi connectivity index (χ1v) is 12.8. The second kappa shape index (κ2) is 9.84. The zero-order chi connectivity index (χ0) is 26.2. The van der Waals surface area contributed by atoms with Crippen molar-refractivity contribution >= 4 is 51.3 Å². The highest BCUT2D eigenvalue weighted by Gasteiger charge is 2.38. The minimum Gasteiger partial charge on any atom is -0.385 e. The van der Waals surface area contributed by atoms with Crippen molar-refractivity contribution in [1.82, 2.24) is 19.9 Å². The molecule has 4 aromatic rings. The Hall–Kier alpha value is -3.35. The Labute approximate surface area is 219 Å². The van der Waals surface area contributed by atoms with Crippen LogP contribution in [0.5, 0.6) is 0 Å². The van der Waals surface area contributed by atoms with Crippen molar-refractivity contribution < 1.29 is 23.1 Å². The van der Waals surface area contributed by atoms with E-state index < -0.39 is 17.3 Å². The van der Waals surface area contributed by atoms with Crippen LogP contribution in [0.3, 0.4) is 0 Å². The van der Waals surface area contributed by atoms with Gasteiger partial charge in [-0.3, -0.25) is 4.79 Å². The number of aliphatic hydroxyl groups is 1. The zero-order valence-electron chi connectivity index (χ0n) is 19.4. The number of hydrogen-bond acceptors (Lipinski definition) is 7. The van der Waals surface area contributed by atoms with Crippen LogP contribution in [0, 0.1) is 4.77 Å². The molecular formula is C25H22F3N5O2S2. The number of rotatable bonds is 5. The van der Waals surface area contributed by atoms with Gasteiger partial charge in [0.25, 0.3) is 0 Å². The van der Waals surface area contributed by atoms with E-state index in [2.05, 4.69) is 20.3 Å². The van der Waals surface area contributed by atoms with Crippen molar-refractivity contribution in [3.05, 3.63) is 75.5 Å². The van der Waals surface area contributed by atoms with Crippen LogP contribution in [0.1, 0.15) is 29.7 Å². The van der Waals surface area contributed by atoms with Gasteiger partial charge in [-0.05, 0) is 54.9 Å². The molecule has 0 bridgehead atoms. The highest BCUT2D eigenvalue weighted by molar-refractivity contribution is 7.71. The predicted octanol–water partition coefficient (Wildman–Crippen LogP) is 5.56. The van der Waals surface area contributed by atoms with Crippen LogP contribution in [-0.4, -0.2) is 44.0 Å². The molecule has 5 rings (SSSR count). The molecule has 37 heavy (non-hydrogen) atoms. The highest BCUT2D eigenvalue weighted by atomic mass is 32.1. The molecule has 1 saturated heterocycles. The molecule has 1 aliphatic heterocycles. The maximum atomic E-state index is 13.1. The van der Waals surface area contributed by atoms with E-state index in [1.807, 2.05) is 24.3 Å². The number of thiazole rings is 1. The molecule has 0 unspecified atom stereocenters. The monoisotopic (exact) mass is 545 g/mol. The molecule has 3 N–H and O–H groups in total. The van der Waals surface area contributed by atoms with Gasteiger partial charge in [-0.1, -0.05) is 24.3 Å². The van der Waals surface area contributed by atoms with Crippen LogP contribution in [0.4, 0.5) is 24.1 Å². The van der Waals surface area contributed by atoms with Gasteiger partial charge in [-0.15, -0.1) is 11.3 Å². The van der Waals surface area contributed by atoms with Crippen LogP contribution >= 0.6 is 23.6 Å². The molecule has 2 aromatic carbocycles. The quantitative estimate of drug-likeness (QED) is 0.284. The summed E-state index contributed by atoms with van der Waals surface area (Å²) in [6, 6.07) is 12.3. The smallest absolute Gasteiger partial charge is 0.385 e. The average Bonchev–Trinajstić information content (AvgIpc) is 3.30. The number of fused-ring (bicyclic) bond motifs is 1. The van der Waals surface area contributed by atoms with Crippen LogP contribution in [0.15, 0.2) is 53.9 Å². The molecule has 1 amide bonds. The number of benzene rings is 2. The number of hydrogen-bond donors (Lipinski definition) is 3. The largest absolute Gasteiger partial charge is 0.416 e. The number of amides is 1. The normalized spacial score (nSPS) is 15.6. The number of piperidine rings is 1. The van der Waals surface area contributed by atoms with E-state index >= 15 is 0 Å². The van der Waals surface area contributed by atoms with Gasteiger partial charge < -0.3 is 20.3 Å². The third-order valence-electron chi connectivity index (χ3n) is 6.42. The van der Waals surface area contributed by atoms with E-state index in [-0.39, 0.29) is 43.8 Å². The van der Waals surface area contributed by atoms with Crippen molar-refractivity contribution in [1.29, 1.82) is 0 Å². The molecule has 0 spiro atoms. The Kier molecular flexibility index (Phi) is 6.73. The van der Waals surface area contributed by atoms with Gasteiger partial charge in [0.2, 0.25) is 5.91 Å². The summed E-state index contributed by atoms with van der Waals surface area (Å²) >= 11 is 6.54. The molecule has 192 valence electrons. The second-order valence-corrected chi connectivity index (χ2v) is 10.1. The Morgan fingerprint density at radius 2 is 1.92 bits per heavy atom. The summed E-state index contributed by atoms with van der Waals surface area (Å²) < 4.78 is 39.6. The second-order valence-electron chi connectivity index (χ2n) is 8.87. The molecular weight excluding hydrogens is 523 g/mol. The fourth-order valence-corrected chi connectivity index (χ4v) is 5.32. The number of carbonyl (C=O) groups excluding carboxylic acids is 1. The molecule has 1 fully saturated rings. The number of H-pyrrole nitrogens is 1. The van der Waals surface area contributed by atoms with Crippen molar-refractivity contribution in [2.24, 2.45) is 0 Å². The lowest BCUT2D eigenvalue weighted by Gasteiger charge is -2.38. The Morgan fingerprint density at radius 1 is 1.16 bits per heavy atom. The number of halogens is 3. The summed E-state index contributed by atoms with van der Waals surface area (Å²) in [6.45, 7) is 0.470. The molecule has 2 aromatic heterocycles. The van der Waals surface area contributed by atoms with Crippen molar-refractivity contribution in [2.45, 2.75) is 31.0 Å². The number of nitrogens with one attached hydrogen (secondary N) is 2. The summed E-state index contributed by atoms with van der Waals surface area (Å²) in [6.07, 6.45) is -4.11. The van der Waals surface area contributed by atoms with E-state index in [1.54, 1.807) is 10.3 Å². The topological polar surface area (TPSA) is 94.1 Å². The molecule has 12 heteroatoms. The minimum atomic E-state index is -4.49. The predicted molar refractivity (Wildman–Crippen MR) is 137 cm³/mol. The van der Waals surface area contributed by atoms with Gasteiger partial charge >= 0.3 is 6.18 Å². The van der Waals surface area contributed by atoms with Crippen molar-refractivity contribution in [3.8, 4) is 0 Å². The Bertz CT molecular complexity index is 1510. The lowest BCUT2D eigenvalue weighted by atomic mass is 9.83. The van der Waals surface area contributed by atoms with E-state index in [0.29, 0.717) is 21.4 Å². The third kappa shape index (κ3) is 5.50. The van der Waals surface area contributed by atoms with E-state index in [0.717, 1.165) is 23.0 Å². The standard InChI is InChI=1S/C25H22F3N5O2S2/c26-25(27,28)16-5-3-4-15(12-16)24(35)8-10-33(11-9-24)20(34)13-17-14-37-23(29-17)32-21-18-6-1-2-7-19(18)30-22(36)31-21/h1-7,12,14,35H,8-11,13H2,(H2,29,30,31,32,36). The summed E-state index contributed by atoms with van der Waals surface area (Å²) in [5.74, 6) is 0.408. The van der Waals surface area contributed by atoms with Crippen LogP contribution in [-0.2, 0) is 23.0 Å². The first-order chi connectivity index (χ1) is 17.6.